The third-order valence-electron chi connectivity index (χ3n) is 3.72. The monoisotopic (exact) mass is 274 g/mol. The molecule has 0 saturated carbocycles. The molecule has 0 aliphatic heterocycles. The van der Waals surface area contributed by atoms with Gasteiger partial charge in [0, 0.05) is 5.56 Å². The van der Waals surface area contributed by atoms with Gasteiger partial charge in [0.2, 0.25) is 0 Å². The minimum Gasteiger partial charge on any atom is -0.294 e. The van der Waals surface area contributed by atoms with Crippen molar-refractivity contribution in [2.45, 2.75) is 19.8 Å². The summed E-state index contributed by atoms with van der Waals surface area (Å²) in [7, 11) is 0. The molecule has 0 heterocycles. The minimum atomic E-state index is 0.164. The molecule has 1 nitrogen and oxygen atoms in total. The minimum absolute atomic E-state index is 0.164. The van der Waals surface area contributed by atoms with Gasteiger partial charge in [0.15, 0.2) is 38.4 Å². The van der Waals surface area contributed by atoms with Crippen molar-refractivity contribution < 1.29 is 4.79 Å². The summed E-state index contributed by atoms with van der Waals surface area (Å²) < 4.78 is 2.32. The molecule has 1 aliphatic carbocycles. The van der Waals surface area contributed by atoms with E-state index in [1.807, 2.05) is 0 Å². The zero-order chi connectivity index (χ0) is 13.6. The number of hydrogen-bond acceptors (Lipinski definition) is 1. The number of ketones is 1. The number of carbonyl (C=O) groups excluding carboxylic acids is 1. The lowest BCUT2D eigenvalue weighted by Crippen LogP contribution is -2.19. The maximum atomic E-state index is 12.1. The lowest BCUT2D eigenvalue weighted by molar-refractivity contribution is 0.101. The Bertz CT molecular complexity index is 729. The van der Waals surface area contributed by atoms with Crippen LogP contribution in [0.3, 0.4) is 0 Å². The molecule has 0 fully saturated rings. The molecule has 0 atom stereocenters. The highest BCUT2D eigenvalue weighted by atomic mass is 27.1. The van der Waals surface area contributed by atoms with E-state index in [1.54, 1.807) is 6.92 Å². The molecule has 88 valence electrons. The highest BCUT2D eigenvalue weighted by Gasteiger charge is 2.18. The highest BCUT2D eigenvalue weighted by molar-refractivity contribution is 6.43. The van der Waals surface area contributed by atoms with E-state index in [-0.39, 0.29) is 5.78 Å². The first-order valence-electron chi connectivity index (χ1n) is 6.40. The number of allylic oxidation sites excluding steroid dienone is 1. The lowest BCUT2D eigenvalue weighted by Gasteiger charge is -2.21. The number of carbonyl (C=O) groups is 1. The first-order chi connectivity index (χ1) is 9.09. The standard InChI is InChI=1S/C16H12O.2Al/c1-11(17)16-14-8-4-2-6-12(14)10-13-7-3-5-9-15(13)16;;/h2-3,6-7,9H,4,8H2,1H3;;. The second-order valence-corrected chi connectivity index (χ2v) is 6.23. The van der Waals surface area contributed by atoms with Gasteiger partial charge in [0.05, 0.1) is 0 Å². The van der Waals surface area contributed by atoms with Crippen molar-refractivity contribution in [1.29, 1.82) is 0 Å². The van der Waals surface area contributed by atoms with Gasteiger partial charge in [-0.15, -0.1) is 8.85 Å². The lowest BCUT2D eigenvalue weighted by atomic mass is 9.87. The van der Waals surface area contributed by atoms with Crippen molar-refractivity contribution in [2.75, 3.05) is 0 Å². The van der Waals surface area contributed by atoms with Crippen molar-refractivity contribution >= 4 is 64.1 Å². The van der Waals surface area contributed by atoms with Gasteiger partial charge in [-0.05, 0) is 41.7 Å². The summed E-state index contributed by atoms with van der Waals surface area (Å²) in [6, 6.07) is 6.28. The molecule has 0 N–H and O–H groups in total. The summed E-state index contributed by atoms with van der Waals surface area (Å²) in [6.07, 6.45) is 6.32. The summed E-state index contributed by atoms with van der Waals surface area (Å²) in [5.74, 6) is 0.164. The Morgan fingerprint density at radius 3 is 2.74 bits per heavy atom. The van der Waals surface area contributed by atoms with Gasteiger partial charge in [0.25, 0.3) is 0 Å². The Balaban J connectivity index is 2.53. The van der Waals surface area contributed by atoms with Gasteiger partial charge < -0.3 is 0 Å². The van der Waals surface area contributed by atoms with Gasteiger partial charge in [-0.1, -0.05) is 30.4 Å². The highest BCUT2D eigenvalue weighted by Crippen LogP contribution is 2.28. The largest absolute Gasteiger partial charge is 0.294 e. The molecule has 0 unspecified atom stereocenters. The third kappa shape index (κ3) is 2.12. The topological polar surface area (TPSA) is 17.1 Å². The van der Waals surface area contributed by atoms with Crippen LogP contribution in [0.4, 0.5) is 0 Å². The molecule has 0 saturated heterocycles. The van der Waals surface area contributed by atoms with Crippen LogP contribution in [0.5, 0.6) is 0 Å². The van der Waals surface area contributed by atoms with E-state index in [0.29, 0.717) is 0 Å². The normalized spacial score (nSPS) is 13.5. The molecule has 2 aromatic rings. The van der Waals surface area contributed by atoms with Crippen LogP contribution in [-0.4, -0.2) is 38.4 Å². The van der Waals surface area contributed by atoms with Crippen LogP contribution in [0.25, 0.3) is 16.8 Å². The molecule has 19 heavy (non-hydrogen) atoms. The maximum Gasteiger partial charge on any atom is 0.177 e. The average molecular weight is 274 g/mol. The smallest absolute Gasteiger partial charge is 0.177 e. The van der Waals surface area contributed by atoms with Crippen molar-refractivity contribution in [3.05, 3.63) is 41.0 Å². The van der Waals surface area contributed by atoms with E-state index in [2.05, 4.69) is 62.9 Å². The predicted octanol–water partition coefficient (Wildman–Crippen LogP) is 1.59. The first kappa shape index (κ1) is 13.2. The molecule has 0 bridgehead atoms. The van der Waals surface area contributed by atoms with Gasteiger partial charge in [-0.2, -0.15) is 0 Å². The molecule has 0 aromatic heterocycles. The second-order valence-electron chi connectivity index (χ2n) is 4.98. The summed E-state index contributed by atoms with van der Waals surface area (Å²) in [6.45, 7) is 1.67. The van der Waals surface area contributed by atoms with Crippen LogP contribution in [0, 0.1) is 0 Å². The number of hydrogen-bond donors (Lipinski definition) is 0. The Kier molecular flexibility index (Phi) is 3.42. The molecule has 3 rings (SSSR count). The molecule has 2 aromatic carbocycles. The molecule has 3 heteroatoms. The van der Waals surface area contributed by atoms with Crippen molar-refractivity contribution in [1.82, 2.24) is 0 Å². The van der Waals surface area contributed by atoms with Crippen LogP contribution >= 0.6 is 0 Å². The van der Waals surface area contributed by atoms with Crippen LogP contribution in [0.15, 0.2) is 24.3 Å². The van der Waals surface area contributed by atoms with E-state index < -0.39 is 0 Å². The Hall–Kier alpha value is -0.825. The summed E-state index contributed by atoms with van der Waals surface area (Å²) in [5.41, 5.74) is 3.33. The third-order valence-corrected chi connectivity index (χ3v) is 4.70. The number of Topliss-reactive ketones (excluding diaryl/α,β-unsaturated/α-hetero) is 1. The van der Waals surface area contributed by atoms with Crippen molar-refractivity contribution in [3.8, 4) is 0 Å². The van der Waals surface area contributed by atoms with Gasteiger partial charge in [0.1, 0.15) is 0 Å². The molecule has 4 radical (unpaired) electrons. The number of rotatable bonds is 1. The van der Waals surface area contributed by atoms with E-state index >= 15 is 0 Å². The van der Waals surface area contributed by atoms with Crippen molar-refractivity contribution in [2.24, 2.45) is 0 Å². The SMILES string of the molecule is CC(=O)c1c2c([c]([Al])c3cc[c]([Al])cc13)C=CCC2. The second kappa shape index (κ2) is 4.94. The maximum absolute atomic E-state index is 12.1. The summed E-state index contributed by atoms with van der Waals surface area (Å²) in [4.78, 5) is 12.1. The van der Waals surface area contributed by atoms with Crippen LogP contribution in [-0.2, 0) is 6.42 Å². The zero-order valence-electron chi connectivity index (χ0n) is 10.9. The zero-order valence-corrected chi connectivity index (χ0v) is 13.2. The fourth-order valence-electron chi connectivity index (χ4n) is 2.89. The Labute approximate surface area is 129 Å². The molecular formula is C16H12Al2O. The Morgan fingerprint density at radius 1 is 1.21 bits per heavy atom. The van der Waals surface area contributed by atoms with E-state index in [1.165, 1.54) is 15.6 Å². The summed E-state index contributed by atoms with van der Waals surface area (Å²) >= 11 is 5.55. The molecule has 0 amide bonds. The molecule has 0 spiro atoms. The fraction of sp³-hybridized carbons (Fsp3) is 0.188. The van der Waals surface area contributed by atoms with E-state index in [4.69, 9.17) is 0 Å². The molecule has 1 aliphatic rings. The summed E-state index contributed by atoms with van der Waals surface area (Å²) in [5, 5.41) is 2.24. The quantitative estimate of drug-likeness (QED) is 0.570. The number of benzene rings is 2. The van der Waals surface area contributed by atoms with Gasteiger partial charge >= 0.3 is 0 Å². The van der Waals surface area contributed by atoms with Crippen LogP contribution in [0.1, 0.15) is 34.8 Å². The fourth-order valence-corrected chi connectivity index (χ4v) is 3.67. The molecular weight excluding hydrogens is 262 g/mol. The van der Waals surface area contributed by atoms with Crippen LogP contribution in [0.2, 0.25) is 0 Å². The van der Waals surface area contributed by atoms with Crippen LogP contribution < -0.4 is 8.85 Å². The van der Waals surface area contributed by atoms with E-state index in [0.717, 1.165) is 33.6 Å². The Morgan fingerprint density at radius 2 is 2.00 bits per heavy atom. The number of fused-ring (bicyclic) bond motifs is 2. The van der Waals surface area contributed by atoms with Gasteiger partial charge in [-0.3, -0.25) is 4.79 Å². The first-order valence-corrected chi connectivity index (χ1v) is 7.56. The van der Waals surface area contributed by atoms with Gasteiger partial charge in [-0.25, -0.2) is 0 Å². The van der Waals surface area contributed by atoms with E-state index in [9.17, 15) is 4.79 Å². The average Bonchev–Trinajstić information content (AvgIpc) is 2.38. The van der Waals surface area contributed by atoms with Crippen molar-refractivity contribution in [3.63, 3.8) is 0 Å². The predicted molar refractivity (Wildman–Crippen MR) is 82.1 cm³/mol.